The van der Waals surface area contributed by atoms with E-state index in [1.54, 1.807) is 84.9 Å². The Hall–Kier alpha value is -5.80. The summed E-state index contributed by atoms with van der Waals surface area (Å²) in [6.07, 6.45) is 1.57. The topological polar surface area (TPSA) is 106 Å². The van der Waals surface area contributed by atoms with E-state index in [1.807, 2.05) is 61.5 Å². The van der Waals surface area contributed by atoms with Crippen LogP contribution in [0.1, 0.15) is 22.8 Å². The zero-order chi connectivity index (χ0) is 33.0. The van der Waals surface area contributed by atoms with Gasteiger partial charge in [-0.25, -0.2) is 0 Å². The first-order valence-corrected chi connectivity index (χ1v) is 15.7. The number of hydrogen-bond acceptors (Lipinski definition) is 6. The zero-order valence-corrected chi connectivity index (χ0v) is 26.6. The molecule has 0 radical (unpaired) electrons. The molecule has 0 aliphatic heterocycles. The molecule has 0 saturated heterocycles. The highest BCUT2D eigenvalue weighted by atomic mass is 32.2. The molecule has 1 unspecified atom stereocenters. The van der Waals surface area contributed by atoms with Crippen LogP contribution in [0.25, 0.3) is 6.08 Å². The van der Waals surface area contributed by atoms with E-state index >= 15 is 0 Å². The number of carbonyl (C=O) groups is 3. The maximum absolute atomic E-state index is 13.5. The summed E-state index contributed by atoms with van der Waals surface area (Å²) >= 11 is 1.35. The van der Waals surface area contributed by atoms with Crippen molar-refractivity contribution in [2.75, 3.05) is 17.7 Å². The Labute approximate surface area is 277 Å². The van der Waals surface area contributed by atoms with Crippen LogP contribution in [-0.2, 0) is 9.59 Å². The van der Waals surface area contributed by atoms with Gasteiger partial charge in [0, 0.05) is 27.4 Å². The number of methoxy groups -OCH3 is 1. The van der Waals surface area contributed by atoms with Crippen molar-refractivity contribution in [2.45, 2.75) is 17.1 Å². The molecule has 5 rings (SSSR count). The van der Waals surface area contributed by atoms with Gasteiger partial charge in [-0.2, -0.15) is 0 Å². The smallest absolute Gasteiger partial charge is 0.272 e. The van der Waals surface area contributed by atoms with Gasteiger partial charge < -0.3 is 25.4 Å². The van der Waals surface area contributed by atoms with Gasteiger partial charge in [0.2, 0.25) is 5.91 Å². The number of thioether (sulfide) groups is 1. The third kappa shape index (κ3) is 9.35. The van der Waals surface area contributed by atoms with E-state index in [0.29, 0.717) is 34.0 Å². The van der Waals surface area contributed by atoms with E-state index in [2.05, 4.69) is 16.0 Å². The highest BCUT2D eigenvalue weighted by molar-refractivity contribution is 8.00. The second kappa shape index (κ2) is 16.0. The fraction of sp³-hybridized carbons (Fsp3) is 0.0789. The van der Waals surface area contributed by atoms with Crippen LogP contribution in [-0.4, -0.2) is 30.1 Å². The quantitative estimate of drug-likeness (QED) is 0.0940. The lowest BCUT2D eigenvalue weighted by Crippen LogP contribution is -2.30. The summed E-state index contributed by atoms with van der Waals surface area (Å²) in [5, 5.41) is 8.11. The SMILES string of the molecule is COc1ccccc1/C=C(/NC(=O)c1ccccc1)C(=O)Nc1cccc(SC(C)C(=O)Nc2ccc(Oc3ccccc3)cc2)c1. The van der Waals surface area contributed by atoms with Crippen LogP contribution in [0.4, 0.5) is 11.4 Å². The van der Waals surface area contributed by atoms with Gasteiger partial charge in [0.1, 0.15) is 22.9 Å². The van der Waals surface area contributed by atoms with E-state index < -0.39 is 17.1 Å². The van der Waals surface area contributed by atoms with Crippen LogP contribution in [0.15, 0.2) is 144 Å². The van der Waals surface area contributed by atoms with Crippen LogP contribution < -0.4 is 25.4 Å². The third-order valence-electron chi connectivity index (χ3n) is 6.84. The van der Waals surface area contributed by atoms with E-state index in [-0.39, 0.29) is 11.6 Å². The lowest BCUT2D eigenvalue weighted by atomic mass is 10.1. The minimum atomic E-state index is -0.521. The first-order valence-electron chi connectivity index (χ1n) is 14.8. The summed E-state index contributed by atoms with van der Waals surface area (Å²) in [4.78, 5) is 40.3. The van der Waals surface area contributed by atoms with Crippen molar-refractivity contribution in [3.8, 4) is 17.2 Å². The zero-order valence-electron chi connectivity index (χ0n) is 25.8. The van der Waals surface area contributed by atoms with Gasteiger partial charge >= 0.3 is 0 Å². The summed E-state index contributed by atoms with van der Waals surface area (Å²) < 4.78 is 11.3. The van der Waals surface area contributed by atoms with Gasteiger partial charge in [0.05, 0.1) is 12.4 Å². The van der Waals surface area contributed by atoms with Crippen molar-refractivity contribution < 1.29 is 23.9 Å². The molecule has 0 fully saturated rings. The number of rotatable bonds is 12. The monoisotopic (exact) mass is 643 g/mol. The summed E-state index contributed by atoms with van der Waals surface area (Å²) in [6, 6.07) is 39.7. The molecule has 47 heavy (non-hydrogen) atoms. The Morgan fingerprint density at radius 2 is 1.36 bits per heavy atom. The molecule has 0 aliphatic carbocycles. The molecule has 236 valence electrons. The Kier molecular flexibility index (Phi) is 11.1. The van der Waals surface area contributed by atoms with E-state index in [9.17, 15) is 14.4 Å². The summed E-state index contributed by atoms with van der Waals surface area (Å²) in [5.74, 6) is 0.822. The van der Waals surface area contributed by atoms with Crippen LogP contribution in [0.2, 0.25) is 0 Å². The third-order valence-corrected chi connectivity index (χ3v) is 7.94. The molecule has 5 aromatic carbocycles. The molecule has 5 aromatic rings. The molecule has 9 heteroatoms. The van der Waals surface area contributed by atoms with Crippen molar-refractivity contribution >= 4 is 46.9 Å². The van der Waals surface area contributed by atoms with Crippen molar-refractivity contribution in [1.29, 1.82) is 0 Å². The minimum absolute atomic E-state index is 0.0364. The van der Waals surface area contributed by atoms with Crippen LogP contribution in [0.5, 0.6) is 17.2 Å². The number of nitrogens with one attached hydrogen (secondary N) is 3. The van der Waals surface area contributed by atoms with Gasteiger partial charge in [0.15, 0.2) is 0 Å². The van der Waals surface area contributed by atoms with E-state index in [1.165, 1.54) is 18.9 Å². The number of hydrogen-bond donors (Lipinski definition) is 3. The highest BCUT2D eigenvalue weighted by Crippen LogP contribution is 2.28. The number of carbonyl (C=O) groups excluding carboxylic acids is 3. The molecule has 0 heterocycles. The second-order valence-electron chi connectivity index (χ2n) is 10.3. The fourth-order valence-electron chi connectivity index (χ4n) is 4.46. The molecule has 1 atom stereocenters. The maximum Gasteiger partial charge on any atom is 0.272 e. The predicted octanol–water partition coefficient (Wildman–Crippen LogP) is 8.02. The molecule has 3 amide bonds. The number of benzene rings is 5. The molecule has 0 aromatic heterocycles. The Bertz CT molecular complexity index is 1860. The number of para-hydroxylation sites is 2. The molecule has 3 N–H and O–H groups in total. The lowest BCUT2D eigenvalue weighted by Gasteiger charge is -2.15. The van der Waals surface area contributed by atoms with E-state index in [0.717, 1.165) is 10.6 Å². The molecule has 0 bridgehead atoms. The number of ether oxygens (including phenoxy) is 2. The fourth-order valence-corrected chi connectivity index (χ4v) is 5.39. The first kappa shape index (κ1) is 32.6. The molecule has 0 aliphatic rings. The molecular weight excluding hydrogens is 611 g/mol. The van der Waals surface area contributed by atoms with Crippen LogP contribution in [0, 0.1) is 0 Å². The van der Waals surface area contributed by atoms with Crippen molar-refractivity contribution in [1.82, 2.24) is 5.32 Å². The summed E-state index contributed by atoms with van der Waals surface area (Å²) in [5.41, 5.74) is 2.22. The molecule has 0 spiro atoms. The van der Waals surface area contributed by atoms with Crippen molar-refractivity contribution in [2.24, 2.45) is 0 Å². The Morgan fingerprint density at radius 3 is 2.09 bits per heavy atom. The van der Waals surface area contributed by atoms with Crippen molar-refractivity contribution in [3.63, 3.8) is 0 Å². The van der Waals surface area contributed by atoms with Crippen molar-refractivity contribution in [3.05, 3.63) is 150 Å². The number of amides is 3. The molecule has 0 saturated carbocycles. The predicted molar refractivity (Wildman–Crippen MR) is 187 cm³/mol. The highest BCUT2D eigenvalue weighted by Gasteiger charge is 2.18. The minimum Gasteiger partial charge on any atom is -0.496 e. The van der Waals surface area contributed by atoms with Crippen LogP contribution >= 0.6 is 11.8 Å². The van der Waals surface area contributed by atoms with Gasteiger partial charge in [-0.15, -0.1) is 11.8 Å². The lowest BCUT2D eigenvalue weighted by molar-refractivity contribution is -0.115. The second-order valence-corrected chi connectivity index (χ2v) is 11.7. The van der Waals surface area contributed by atoms with Crippen LogP contribution in [0.3, 0.4) is 0 Å². The summed E-state index contributed by atoms with van der Waals surface area (Å²) in [7, 11) is 1.54. The maximum atomic E-state index is 13.5. The Balaban J connectivity index is 1.24. The molecular formula is C38H33N3O5S. The van der Waals surface area contributed by atoms with Gasteiger partial charge in [0.25, 0.3) is 11.8 Å². The van der Waals surface area contributed by atoms with Gasteiger partial charge in [-0.05, 0) is 85.8 Å². The average Bonchev–Trinajstić information content (AvgIpc) is 3.10. The first-order chi connectivity index (χ1) is 22.9. The van der Waals surface area contributed by atoms with Gasteiger partial charge in [-0.1, -0.05) is 60.7 Å². The van der Waals surface area contributed by atoms with Gasteiger partial charge in [-0.3, -0.25) is 14.4 Å². The molecule has 8 nitrogen and oxygen atoms in total. The largest absolute Gasteiger partial charge is 0.496 e. The average molecular weight is 644 g/mol. The Morgan fingerprint density at radius 1 is 0.702 bits per heavy atom. The van der Waals surface area contributed by atoms with E-state index in [4.69, 9.17) is 9.47 Å². The standard InChI is InChI=1S/C38H33N3O5S/c1-26(36(42)39-29-20-22-32(23-21-29)46-31-16-7-4-8-17-31)47-33-18-11-15-30(25-33)40-38(44)34(24-28-14-9-10-19-35(28)45-2)41-37(43)27-12-5-3-6-13-27/h3-26H,1-2H3,(H,39,42)(H,40,44)(H,41,43)/b34-24+. The summed E-state index contributed by atoms with van der Waals surface area (Å²) in [6.45, 7) is 1.81. The number of anilines is 2. The normalized spacial score (nSPS) is 11.6.